The quantitative estimate of drug-likeness (QED) is 0.707. The van der Waals surface area contributed by atoms with Gasteiger partial charge in [0.1, 0.15) is 0 Å². The Hall–Kier alpha value is -2.88. The number of aromatic nitrogens is 1. The Bertz CT molecular complexity index is 990. The maximum absolute atomic E-state index is 12.5. The lowest BCUT2D eigenvalue weighted by Gasteiger charge is -2.23. The van der Waals surface area contributed by atoms with Crippen molar-refractivity contribution in [2.45, 2.75) is 38.5 Å². The maximum atomic E-state index is 12.5. The number of nitrogens with zero attached hydrogens (tertiary/aromatic N) is 1. The zero-order chi connectivity index (χ0) is 18.3. The highest BCUT2D eigenvalue weighted by atomic mass is 16.2. The summed E-state index contributed by atoms with van der Waals surface area (Å²) in [6.45, 7) is 6.61. The number of hydrazone groups is 1. The molecule has 4 rings (SSSR count). The number of H-pyrrole nitrogens is 1. The zero-order valence-electron chi connectivity index (χ0n) is 15.3. The minimum atomic E-state index is -0.235. The summed E-state index contributed by atoms with van der Waals surface area (Å²) in [5.41, 5.74) is 8.17. The van der Waals surface area contributed by atoms with Gasteiger partial charge in [-0.05, 0) is 28.2 Å². The second-order valence-electron chi connectivity index (χ2n) is 7.91. The van der Waals surface area contributed by atoms with E-state index in [1.807, 2.05) is 24.4 Å². The first-order chi connectivity index (χ1) is 12.4. The number of nitrogens with one attached hydrogen (secondary N) is 2. The SMILES string of the molecule is CC(C)(C)c1ccc(C2=NNC(=O)C(c3c[nH]c4ccccc34)C2)cc1. The van der Waals surface area contributed by atoms with Crippen LogP contribution in [-0.2, 0) is 10.2 Å². The van der Waals surface area contributed by atoms with E-state index in [4.69, 9.17) is 0 Å². The standard InChI is InChI=1S/C22H23N3O/c1-22(2,3)15-10-8-14(9-11-15)20-12-17(21(26)25-24-20)18-13-23-19-7-5-4-6-16(18)19/h4-11,13,17,23H,12H2,1-3H3,(H,25,26). The number of hydrogen-bond acceptors (Lipinski definition) is 2. The van der Waals surface area contributed by atoms with Gasteiger partial charge in [-0.3, -0.25) is 4.79 Å². The molecular formula is C22H23N3O. The fourth-order valence-corrected chi connectivity index (χ4v) is 3.51. The van der Waals surface area contributed by atoms with Crippen LogP contribution in [0, 0.1) is 0 Å². The lowest BCUT2D eigenvalue weighted by molar-refractivity contribution is -0.122. The van der Waals surface area contributed by atoms with E-state index in [0.29, 0.717) is 6.42 Å². The van der Waals surface area contributed by atoms with E-state index in [1.165, 1.54) is 5.56 Å². The van der Waals surface area contributed by atoms with E-state index in [2.05, 4.69) is 66.6 Å². The molecule has 0 fully saturated rings. The predicted molar refractivity (Wildman–Crippen MR) is 105 cm³/mol. The number of amides is 1. The molecule has 0 saturated carbocycles. The molecule has 2 N–H and O–H groups in total. The maximum Gasteiger partial charge on any atom is 0.248 e. The van der Waals surface area contributed by atoms with Gasteiger partial charge in [-0.2, -0.15) is 5.10 Å². The molecule has 0 bridgehead atoms. The highest BCUT2D eigenvalue weighted by Crippen LogP contribution is 2.31. The topological polar surface area (TPSA) is 57.2 Å². The van der Waals surface area contributed by atoms with Crippen LogP contribution in [0.3, 0.4) is 0 Å². The molecule has 1 amide bonds. The summed E-state index contributed by atoms with van der Waals surface area (Å²) < 4.78 is 0. The minimum Gasteiger partial charge on any atom is -0.361 e. The monoisotopic (exact) mass is 345 g/mol. The van der Waals surface area contributed by atoms with Crippen molar-refractivity contribution in [3.8, 4) is 0 Å². The van der Waals surface area contributed by atoms with Gasteiger partial charge in [0.15, 0.2) is 0 Å². The van der Waals surface area contributed by atoms with Crippen molar-refractivity contribution in [1.82, 2.24) is 10.4 Å². The van der Waals surface area contributed by atoms with Crippen molar-refractivity contribution in [3.05, 3.63) is 71.4 Å². The Morgan fingerprint density at radius 2 is 1.77 bits per heavy atom. The van der Waals surface area contributed by atoms with Crippen LogP contribution in [0.5, 0.6) is 0 Å². The van der Waals surface area contributed by atoms with Gasteiger partial charge < -0.3 is 4.98 Å². The summed E-state index contributed by atoms with van der Waals surface area (Å²) in [6, 6.07) is 16.6. The number of hydrogen-bond donors (Lipinski definition) is 2. The summed E-state index contributed by atoms with van der Waals surface area (Å²) in [4.78, 5) is 15.7. The number of aromatic amines is 1. The van der Waals surface area contributed by atoms with Crippen LogP contribution in [-0.4, -0.2) is 16.6 Å². The third-order valence-corrected chi connectivity index (χ3v) is 5.10. The largest absolute Gasteiger partial charge is 0.361 e. The van der Waals surface area contributed by atoms with Gasteiger partial charge in [-0.25, -0.2) is 5.43 Å². The van der Waals surface area contributed by atoms with Crippen LogP contribution in [0.2, 0.25) is 0 Å². The van der Waals surface area contributed by atoms with E-state index in [1.54, 1.807) is 0 Å². The molecule has 26 heavy (non-hydrogen) atoms. The zero-order valence-corrected chi connectivity index (χ0v) is 15.3. The van der Waals surface area contributed by atoms with Crippen molar-refractivity contribution >= 4 is 22.5 Å². The first kappa shape index (κ1) is 16.6. The number of carbonyl (C=O) groups excluding carboxylic acids is 1. The lowest BCUT2D eigenvalue weighted by Crippen LogP contribution is -2.33. The smallest absolute Gasteiger partial charge is 0.248 e. The van der Waals surface area contributed by atoms with Gasteiger partial charge in [0.2, 0.25) is 5.91 Å². The Labute approximate surface area is 153 Å². The van der Waals surface area contributed by atoms with Gasteiger partial charge in [0.25, 0.3) is 0 Å². The number of para-hydroxylation sites is 1. The van der Waals surface area contributed by atoms with Crippen LogP contribution in [0.25, 0.3) is 10.9 Å². The van der Waals surface area contributed by atoms with E-state index < -0.39 is 0 Å². The average molecular weight is 345 g/mol. The molecular weight excluding hydrogens is 322 g/mol. The van der Waals surface area contributed by atoms with Crippen LogP contribution in [0.15, 0.2) is 59.8 Å². The first-order valence-corrected chi connectivity index (χ1v) is 8.97. The molecule has 4 heteroatoms. The predicted octanol–water partition coefficient (Wildman–Crippen LogP) is 4.47. The van der Waals surface area contributed by atoms with Gasteiger partial charge >= 0.3 is 0 Å². The summed E-state index contributed by atoms with van der Waals surface area (Å²) in [5, 5.41) is 5.41. The first-order valence-electron chi connectivity index (χ1n) is 8.97. The fraction of sp³-hybridized carbons (Fsp3) is 0.273. The van der Waals surface area contributed by atoms with Crippen LogP contribution in [0.1, 0.15) is 49.8 Å². The summed E-state index contributed by atoms with van der Waals surface area (Å²) in [7, 11) is 0. The van der Waals surface area contributed by atoms with Crippen molar-refractivity contribution in [3.63, 3.8) is 0 Å². The Kier molecular flexibility index (Phi) is 3.91. The summed E-state index contributed by atoms with van der Waals surface area (Å²) in [5.74, 6) is -0.286. The van der Waals surface area contributed by atoms with E-state index in [9.17, 15) is 4.79 Å². The summed E-state index contributed by atoms with van der Waals surface area (Å²) in [6.07, 6.45) is 2.54. The molecule has 1 aliphatic rings. The van der Waals surface area contributed by atoms with E-state index >= 15 is 0 Å². The molecule has 1 atom stereocenters. The lowest BCUT2D eigenvalue weighted by atomic mass is 9.85. The fourth-order valence-electron chi connectivity index (χ4n) is 3.51. The highest BCUT2D eigenvalue weighted by molar-refractivity contribution is 6.07. The van der Waals surface area contributed by atoms with Crippen LogP contribution in [0.4, 0.5) is 0 Å². The van der Waals surface area contributed by atoms with Gasteiger partial charge in [0, 0.05) is 23.5 Å². The average Bonchev–Trinajstić information content (AvgIpc) is 3.05. The molecule has 1 aromatic heterocycles. The van der Waals surface area contributed by atoms with Gasteiger partial charge in [0.05, 0.1) is 11.6 Å². The van der Waals surface area contributed by atoms with E-state index in [-0.39, 0.29) is 17.2 Å². The Balaban J connectivity index is 1.65. The second kappa shape index (κ2) is 6.13. The number of rotatable bonds is 2. The van der Waals surface area contributed by atoms with Crippen LogP contribution < -0.4 is 5.43 Å². The number of fused-ring (bicyclic) bond motifs is 1. The molecule has 2 aromatic carbocycles. The van der Waals surface area contributed by atoms with Crippen molar-refractivity contribution in [2.75, 3.05) is 0 Å². The Morgan fingerprint density at radius 1 is 1.04 bits per heavy atom. The molecule has 0 radical (unpaired) electrons. The van der Waals surface area contributed by atoms with E-state index in [0.717, 1.165) is 27.7 Å². The third-order valence-electron chi connectivity index (χ3n) is 5.10. The van der Waals surface area contributed by atoms with Gasteiger partial charge in [-0.15, -0.1) is 0 Å². The van der Waals surface area contributed by atoms with Crippen molar-refractivity contribution in [1.29, 1.82) is 0 Å². The molecule has 4 nitrogen and oxygen atoms in total. The third kappa shape index (κ3) is 2.92. The molecule has 0 saturated heterocycles. The molecule has 1 aliphatic heterocycles. The summed E-state index contributed by atoms with van der Waals surface area (Å²) >= 11 is 0. The minimum absolute atomic E-state index is 0.0511. The van der Waals surface area contributed by atoms with Crippen molar-refractivity contribution in [2.24, 2.45) is 5.10 Å². The normalized spacial score (nSPS) is 17.9. The van der Waals surface area contributed by atoms with Crippen LogP contribution >= 0.6 is 0 Å². The highest BCUT2D eigenvalue weighted by Gasteiger charge is 2.29. The molecule has 3 aromatic rings. The molecule has 0 aliphatic carbocycles. The number of carbonyl (C=O) groups is 1. The van der Waals surface area contributed by atoms with Crippen molar-refractivity contribution < 1.29 is 4.79 Å². The Morgan fingerprint density at radius 3 is 2.50 bits per heavy atom. The molecule has 0 spiro atoms. The molecule has 2 heterocycles. The number of benzene rings is 2. The molecule has 1 unspecified atom stereocenters. The molecule has 132 valence electrons. The second-order valence-corrected chi connectivity index (χ2v) is 7.91. The van der Waals surface area contributed by atoms with Gasteiger partial charge in [-0.1, -0.05) is 63.2 Å².